The van der Waals surface area contributed by atoms with Gasteiger partial charge in [-0.05, 0) is 36.0 Å². The van der Waals surface area contributed by atoms with E-state index >= 15 is 0 Å². The zero-order chi connectivity index (χ0) is 14.9. The van der Waals surface area contributed by atoms with Gasteiger partial charge in [-0.2, -0.15) is 0 Å². The number of carbonyl (C=O) groups excluding carboxylic acids is 1. The first-order valence-electron chi connectivity index (χ1n) is 6.54. The van der Waals surface area contributed by atoms with Gasteiger partial charge in [0.1, 0.15) is 5.75 Å². The zero-order valence-corrected chi connectivity index (χ0v) is 11.9. The van der Waals surface area contributed by atoms with Gasteiger partial charge in [0.25, 0.3) is 5.91 Å². The van der Waals surface area contributed by atoms with Crippen molar-refractivity contribution in [1.29, 1.82) is 0 Å². The lowest BCUT2D eigenvalue weighted by atomic mass is 10.1. The first-order chi connectivity index (χ1) is 9.33. The fraction of sp³-hybridized carbons (Fsp3) is 0.467. The maximum Gasteiger partial charge on any atom is 0.335 e. The van der Waals surface area contributed by atoms with E-state index in [0.717, 1.165) is 6.42 Å². The molecule has 0 radical (unpaired) electrons. The van der Waals surface area contributed by atoms with E-state index in [9.17, 15) is 9.59 Å². The summed E-state index contributed by atoms with van der Waals surface area (Å²) in [7, 11) is 1.44. The highest BCUT2D eigenvalue weighted by atomic mass is 16.5. The Balaban J connectivity index is 2.08. The summed E-state index contributed by atoms with van der Waals surface area (Å²) in [6.45, 7) is 4.95. The summed E-state index contributed by atoms with van der Waals surface area (Å²) >= 11 is 0. The lowest BCUT2D eigenvalue weighted by molar-refractivity contribution is 0.0696. The minimum Gasteiger partial charge on any atom is -0.497 e. The molecule has 108 valence electrons. The van der Waals surface area contributed by atoms with Crippen LogP contribution in [0.1, 0.15) is 41.0 Å². The highest BCUT2D eigenvalue weighted by Crippen LogP contribution is 2.50. The Bertz CT molecular complexity index is 551. The number of ether oxygens (including phenoxy) is 1. The molecule has 0 spiro atoms. The third-order valence-corrected chi connectivity index (χ3v) is 3.88. The molecule has 1 fully saturated rings. The van der Waals surface area contributed by atoms with Crippen LogP contribution in [0.3, 0.4) is 0 Å². The predicted octanol–water partition coefficient (Wildman–Crippen LogP) is 2.17. The number of benzene rings is 1. The number of carbonyl (C=O) groups is 2. The van der Waals surface area contributed by atoms with Crippen molar-refractivity contribution in [3.63, 3.8) is 0 Å². The molecule has 1 unspecified atom stereocenters. The smallest absolute Gasteiger partial charge is 0.335 e. The Morgan fingerprint density at radius 1 is 1.35 bits per heavy atom. The molecule has 5 heteroatoms. The molecule has 0 aliphatic heterocycles. The number of hydrogen-bond acceptors (Lipinski definition) is 3. The molecular weight excluding hydrogens is 258 g/mol. The molecule has 1 aromatic carbocycles. The van der Waals surface area contributed by atoms with Crippen molar-refractivity contribution >= 4 is 11.9 Å². The molecule has 1 atom stereocenters. The van der Waals surface area contributed by atoms with Gasteiger partial charge in [0, 0.05) is 12.1 Å². The number of carboxylic acids is 1. The second kappa shape index (κ2) is 5.15. The Labute approximate surface area is 117 Å². The van der Waals surface area contributed by atoms with E-state index in [1.807, 2.05) is 0 Å². The van der Waals surface area contributed by atoms with Crippen LogP contribution in [-0.4, -0.2) is 30.6 Å². The number of amides is 1. The minimum absolute atomic E-state index is 0.0428. The Morgan fingerprint density at radius 2 is 1.95 bits per heavy atom. The molecule has 1 saturated carbocycles. The van der Waals surface area contributed by atoms with Crippen molar-refractivity contribution in [2.45, 2.75) is 20.3 Å². The van der Waals surface area contributed by atoms with Crippen LogP contribution in [0.2, 0.25) is 0 Å². The number of methoxy groups -OCH3 is 1. The van der Waals surface area contributed by atoms with Crippen molar-refractivity contribution in [2.75, 3.05) is 13.7 Å². The minimum atomic E-state index is -1.08. The molecule has 1 amide bonds. The molecule has 2 rings (SSSR count). The highest BCUT2D eigenvalue weighted by Gasteiger charge is 2.45. The van der Waals surface area contributed by atoms with Gasteiger partial charge < -0.3 is 15.2 Å². The van der Waals surface area contributed by atoms with Gasteiger partial charge in [0.2, 0.25) is 0 Å². The lowest BCUT2D eigenvalue weighted by Gasteiger charge is -2.09. The van der Waals surface area contributed by atoms with E-state index in [1.165, 1.54) is 19.2 Å². The van der Waals surface area contributed by atoms with Crippen molar-refractivity contribution in [2.24, 2.45) is 11.3 Å². The maximum atomic E-state index is 12.1. The monoisotopic (exact) mass is 277 g/mol. The third kappa shape index (κ3) is 3.10. The Kier molecular flexibility index (Phi) is 3.70. The summed E-state index contributed by atoms with van der Waals surface area (Å²) < 4.78 is 5.02. The number of hydrogen-bond donors (Lipinski definition) is 2. The predicted molar refractivity (Wildman–Crippen MR) is 74.2 cm³/mol. The summed E-state index contributed by atoms with van der Waals surface area (Å²) in [4.78, 5) is 23.1. The van der Waals surface area contributed by atoms with Crippen molar-refractivity contribution < 1.29 is 19.4 Å². The van der Waals surface area contributed by atoms with E-state index < -0.39 is 5.97 Å². The molecular formula is C15H19NO4. The molecule has 0 heterocycles. The van der Waals surface area contributed by atoms with Gasteiger partial charge in [-0.1, -0.05) is 13.8 Å². The largest absolute Gasteiger partial charge is 0.497 e. The highest BCUT2D eigenvalue weighted by molar-refractivity contribution is 5.98. The first kappa shape index (κ1) is 14.4. The molecule has 5 nitrogen and oxygen atoms in total. The zero-order valence-electron chi connectivity index (χ0n) is 11.9. The number of rotatable bonds is 5. The lowest BCUT2D eigenvalue weighted by Crippen LogP contribution is -2.26. The van der Waals surface area contributed by atoms with E-state index in [4.69, 9.17) is 9.84 Å². The fourth-order valence-electron chi connectivity index (χ4n) is 2.21. The van der Waals surface area contributed by atoms with E-state index in [-0.39, 0.29) is 11.5 Å². The summed E-state index contributed by atoms with van der Waals surface area (Å²) in [5.74, 6) is -0.492. The standard InChI is InChI=1S/C15H19NO4/c1-15(2)7-11(15)8-16-13(17)9-4-10(14(18)19)6-12(5-9)20-3/h4-6,11H,7-8H2,1-3H3,(H,16,17)(H,18,19). The van der Waals surface area contributed by atoms with Crippen LogP contribution in [0.15, 0.2) is 18.2 Å². The molecule has 2 N–H and O–H groups in total. The quantitative estimate of drug-likeness (QED) is 0.865. The van der Waals surface area contributed by atoms with Crippen LogP contribution in [0.5, 0.6) is 5.75 Å². The summed E-state index contributed by atoms with van der Waals surface area (Å²) in [6, 6.07) is 4.29. The second-order valence-electron chi connectivity index (χ2n) is 5.85. The average molecular weight is 277 g/mol. The summed E-state index contributed by atoms with van der Waals surface area (Å²) in [5, 5.41) is 11.9. The fourth-order valence-corrected chi connectivity index (χ4v) is 2.21. The van der Waals surface area contributed by atoms with E-state index in [0.29, 0.717) is 29.2 Å². The molecule has 1 aromatic rings. The van der Waals surface area contributed by atoms with Crippen LogP contribution in [-0.2, 0) is 0 Å². The number of aromatic carboxylic acids is 1. The van der Waals surface area contributed by atoms with Crippen molar-refractivity contribution in [3.8, 4) is 5.75 Å². The SMILES string of the molecule is COc1cc(C(=O)O)cc(C(=O)NCC2CC2(C)C)c1. The van der Waals surface area contributed by atoms with Crippen LogP contribution in [0.4, 0.5) is 0 Å². The van der Waals surface area contributed by atoms with Crippen molar-refractivity contribution in [3.05, 3.63) is 29.3 Å². The van der Waals surface area contributed by atoms with Crippen molar-refractivity contribution in [1.82, 2.24) is 5.32 Å². The molecule has 20 heavy (non-hydrogen) atoms. The van der Waals surface area contributed by atoms with Gasteiger partial charge in [-0.25, -0.2) is 4.79 Å². The van der Waals surface area contributed by atoms with Crippen LogP contribution in [0.25, 0.3) is 0 Å². The van der Waals surface area contributed by atoms with Gasteiger partial charge in [0.05, 0.1) is 12.7 Å². The van der Waals surface area contributed by atoms with Crippen LogP contribution in [0, 0.1) is 11.3 Å². The summed E-state index contributed by atoms with van der Waals surface area (Å²) in [5.41, 5.74) is 0.648. The first-order valence-corrected chi connectivity index (χ1v) is 6.54. The number of carboxylic acid groups (broad SMARTS) is 1. The topological polar surface area (TPSA) is 75.6 Å². The van der Waals surface area contributed by atoms with E-state index in [1.54, 1.807) is 6.07 Å². The molecule has 0 saturated heterocycles. The molecule has 1 aliphatic carbocycles. The van der Waals surface area contributed by atoms with E-state index in [2.05, 4.69) is 19.2 Å². The maximum absolute atomic E-state index is 12.1. The summed E-state index contributed by atoms with van der Waals surface area (Å²) in [6.07, 6.45) is 1.10. The average Bonchev–Trinajstić information content (AvgIpc) is 3.02. The molecule has 1 aliphatic rings. The third-order valence-electron chi connectivity index (χ3n) is 3.88. The Hall–Kier alpha value is -2.04. The molecule has 0 bridgehead atoms. The van der Waals surface area contributed by atoms with Gasteiger partial charge in [0.15, 0.2) is 0 Å². The van der Waals surface area contributed by atoms with Gasteiger partial charge >= 0.3 is 5.97 Å². The van der Waals surface area contributed by atoms with Gasteiger partial charge in [-0.15, -0.1) is 0 Å². The van der Waals surface area contributed by atoms with Crippen LogP contribution < -0.4 is 10.1 Å². The normalized spacial score (nSPS) is 19.2. The Morgan fingerprint density at radius 3 is 2.45 bits per heavy atom. The second-order valence-corrected chi connectivity index (χ2v) is 5.85. The van der Waals surface area contributed by atoms with Crippen LogP contribution >= 0.6 is 0 Å². The number of nitrogens with one attached hydrogen (secondary N) is 1. The molecule has 0 aromatic heterocycles. The van der Waals surface area contributed by atoms with Gasteiger partial charge in [-0.3, -0.25) is 4.79 Å².